The van der Waals surface area contributed by atoms with Gasteiger partial charge in [0.25, 0.3) is 5.91 Å². The van der Waals surface area contributed by atoms with Gasteiger partial charge in [-0.1, -0.05) is 25.1 Å². The Labute approximate surface area is 364 Å². The molecule has 2 heterocycles. The van der Waals surface area contributed by atoms with Crippen LogP contribution < -0.4 is 15.4 Å². The van der Waals surface area contributed by atoms with Crippen molar-refractivity contribution in [1.82, 2.24) is 10.2 Å². The molecular weight excluding hydrogens is 1040 g/mol. The van der Waals surface area contributed by atoms with Crippen molar-refractivity contribution >= 4 is 36.6 Å². The zero-order valence-electron chi connectivity index (χ0n) is 29.7. The SMILES string of the molecule is O=[C-]OCc1ccc(NC(=O)OCc2ccc(OC3CC(O)CC(C(=O)O)O3)c(C(=O)NCCOCCOCCN3CCOCC3)c2)c(CO[C-]=O)c1.[Ta].[Tb]. The summed E-state index contributed by atoms with van der Waals surface area (Å²) in [5.74, 6) is -1.77. The van der Waals surface area contributed by atoms with Gasteiger partial charge in [0.1, 0.15) is 12.4 Å². The van der Waals surface area contributed by atoms with Gasteiger partial charge in [-0.3, -0.25) is 15.0 Å². The predicted octanol–water partition coefficient (Wildman–Crippen LogP) is 1.03. The molecule has 0 bridgehead atoms. The molecule has 18 nitrogen and oxygen atoms in total. The van der Waals surface area contributed by atoms with Crippen molar-refractivity contribution in [2.24, 2.45) is 0 Å². The summed E-state index contributed by atoms with van der Waals surface area (Å²) in [4.78, 5) is 60.9. The Morgan fingerprint density at radius 3 is 2.31 bits per heavy atom. The smallest absolute Gasteiger partial charge is 0.411 e. The quantitative estimate of drug-likeness (QED) is 0.0734. The maximum Gasteiger partial charge on any atom is 0.411 e. The van der Waals surface area contributed by atoms with E-state index in [1.807, 2.05) is 0 Å². The molecule has 3 unspecified atom stereocenters. The van der Waals surface area contributed by atoms with E-state index in [9.17, 15) is 34.2 Å². The van der Waals surface area contributed by atoms with E-state index in [2.05, 4.69) is 20.3 Å². The largest absolute Gasteiger partial charge is 0.650 e. The number of morpholine rings is 1. The Kier molecular flexibility index (Phi) is 23.7. The first-order chi connectivity index (χ1) is 25.7. The maximum atomic E-state index is 13.4. The molecule has 2 radical (unpaired) electrons. The van der Waals surface area contributed by atoms with Crippen LogP contribution in [0, 0.1) is 38.6 Å². The van der Waals surface area contributed by atoms with E-state index in [0.29, 0.717) is 36.5 Å². The number of ether oxygens (including phenoxy) is 8. The summed E-state index contributed by atoms with van der Waals surface area (Å²) in [6, 6.07) is 9.05. The second kappa shape index (κ2) is 26.9. The van der Waals surface area contributed by atoms with Crippen LogP contribution in [0.5, 0.6) is 5.75 Å². The molecule has 0 aliphatic carbocycles. The number of anilines is 1. The average Bonchev–Trinajstić information content (AvgIpc) is 3.15. The van der Waals surface area contributed by atoms with Gasteiger partial charge >= 0.3 is 12.1 Å². The topological polar surface area (TPSA) is 227 Å². The van der Waals surface area contributed by atoms with Gasteiger partial charge in [-0.2, -0.15) is 0 Å². The van der Waals surface area contributed by atoms with E-state index >= 15 is 0 Å². The first-order valence-electron chi connectivity index (χ1n) is 16.9. The van der Waals surface area contributed by atoms with Crippen molar-refractivity contribution in [2.75, 3.05) is 71.1 Å². The Bertz CT molecular complexity index is 1520. The van der Waals surface area contributed by atoms with E-state index in [0.717, 1.165) is 32.8 Å². The normalized spacial score (nSPS) is 18.0. The summed E-state index contributed by atoms with van der Waals surface area (Å²) < 4.78 is 42.6. The predicted molar refractivity (Wildman–Crippen MR) is 181 cm³/mol. The molecule has 0 saturated carbocycles. The Morgan fingerprint density at radius 1 is 0.891 bits per heavy atom. The van der Waals surface area contributed by atoms with Crippen LogP contribution >= 0.6 is 0 Å². The van der Waals surface area contributed by atoms with Gasteiger partial charge in [0, 0.05) is 106 Å². The molecule has 20 heteroatoms. The number of hydrogen-bond donors (Lipinski definition) is 4. The van der Waals surface area contributed by atoms with Crippen molar-refractivity contribution < 1.29 is 133 Å². The average molecular weight is 1090 g/mol. The minimum atomic E-state index is -1.30. The zero-order valence-corrected chi connectivity index (χ0v) is 35.1. The van der Waals surface area contributed by atoms with Crippen LogP contribution in [0.2, 0.25) is 0 Å². The van der Waals surface area contributed by atoms with Crippen LogP contribution in [-0.2, 0) is 89.7 Å². The molecule has 304 valence electrons. The first-order valence-corrected chi connectivity index (χ1v) is 16.9. The summed E-state index contributed by atoms with van der Waals surface area (Å²) in [5, 5.41) is 24.9. The third kappa shape index (κ3) is 17.5. The molecule has 2 aromatic rings. The molecule has 2 amide bonds. The molecule has 2 saturated heterocycles. The molecule has 4 N–H and O–H groups in total. The van der Waals surface area contributed by atoms with Gasteiger partial charge < -0.3 is 63.0 Å². The molecule has 2 aliphatic heterocycles. The van der Waals surface area contributed by atoms with E-state index in [1.165, 1.54) is 37.2 Å². The van der Waals surface area contributed by atoms with Crippen molar-refractivity contribution in [2.45, 2.75) is 51.2 Å². The van der Waals surface area contributed by atoms with Crippen LogP contribution in [0.3, 0.4) is 0 Å². The maximum absolute atomic E-state index is 13.4. The molecule has 2 aromatic carbocycles. The molecule has 55 heavy (non-hydrogen) atoms. The molecule has 0 aromatic heterocycles. The van der Waals surface area contributed by atoms with Crippen LogP contribution in [0.1, 0.15) is 39.9 Å². The Morgan fingerprint density at radius 2 is 1.58 bits per heavy atom. The molecule has 3 atom stereocenters. The summed E-state index contributed by atoms with van der Waals surface area (Å²) >= 11 is 0. The number of aliphatic hydroxyl groups is 1. The summed E-state index contributed by atoms with van der Waals surface area (Å²) in [6.07, 6.45) is -4.46. The number of aliphatic carboxylic acids is 1. The fourth-order valence-corrected chi connectivity index (χ4v) is 5.35. The van der Waals surface area contributed by atoms with Crippen LogP contribution in [0.15, 0.2) is 36.4 Å². The molecule has 4 rings (SSSR count). The monoisotopic (exact) mass is 1090 g/mol. The molecule has 0 spiro atoms. The van der Waals surface area contributed by atoms with Crippen molar-refractivity contribution in [1.29, 1.82) is 0 Å². The van der Waals surface area contributed by atoms with Crippen molar-refractivity contribution in [3.8, 4) is 5.75 Å². The number of carboxylic acid groups (broad SMARTS) is 1. The number of amides is 2. The second-order valence-electron chi connectivity index (χ2n) is 11.8. The number of carbonyl (C=O) groups excluding carboxylic acids is 4. The van der Waals surface area contributed by atoms with E-state index in [1.54, 1.807) is 12.1 Å². The van der Waals surface area contributed by atoms with Gasteiger partial charge in [0.2, 0.25) is 6.29 Å². The Hall–Kier alpha value is -2.82. The third-order valence-electron chi connectivity index (χ3n) is 8.01. The number of carbonyl (C=O) groups is 3. The fraction of sp³-hybridized carbons (Fsp3) is 0.514. The minimum Gasteiger partial charge on any atom is -0.650 e. The van der Waals surface area contributed by atoms with E-state index < -0.39 is 36.5 Å². The van der Waals surface area contributed by atoms with Crippen molar-refractivity contribution in [3.05, 3.63) is 58.7 Å². The minimum absolute atomic E-state index is 0. The number of rotatable bonds is 22. The zero-order chi connectivity index (χ0) is 37.8. The van der Waals surface area contributed by atoms with Gasteiger partial charge in [-0.05, 0) is 35.4 Å². The van der Waals surface area contributed by atoms with Gasteiger partial charge in [-0.15, -0.1) is 0 Å². The summed E-state index contributed by atoms with van der Waals surface area (Å²) in [5.41, 5.74) is 1.60. The number of carboxylic acids is 1. The number of nitrogens with one attached hydrogen (secondary N) is 2. The van der Waals surface area contributed by atoms with Crippen LogP contribution in [0.25, 0.3) is 0 Å². The van der Waals surface area contributed by atoms with Gasteiger partial charge in [-0.25, -0.2) is 9.59 Å². The van der Waals surface area contributed by atoms with Gasteiger partial charge in [0.15, 0.2) is 6.10 Å². The fourth-order valence-electron chi connectivity index (χ4n) is 5.35. The van der Waals surface area contributed by atoms with E-state index in [-0.39, 0.29) is 124 Å². The van der Waals surface area contributed by atoms with Crippen molar-refractivity contribution in [3.63, 3.8) is 0 Å². The second-order valence-corrected chi connectivity index (χ2v) is 11.8. The van der Waals surface area contributed by atoms with E-state index in [4.69, 9.17) is 33.2 Å². The first kappa shape index (κ1) is 48.3. The number of aliphatic hydroxyl groups excluding tert-OH is 1. The molecular formula is C35H43N3O15TaTb-2. The van der Waals surface area contributed by atoms with Crippen LogP contribution in [0.4, 0.5) is 10.5 Å². The third-order valence-corrected chi connectivity index (χ3v) is 8.01. The molecule has 2 fully saturated rings. The number of nitrogens with zero attached hydrogens (tertiary/aromatic N) is 1. The van der Waals surface area contributed by atoms with Crippen LogP contribution in [-0.4, -0.2) is 130 Å². The summed E-state index contributed by atoms with van der Waals surface area (Å²) in [6.45, 7) is 7.65. The van der Waals surface area contributed by atoms with Gasteiger partial charge in [0.05, 0.1) is 70.2 Å². The standard InChI is InChI=1S/C35H43N3O15.Ta.Tb/c39-22-49-19-24-1-3-29(26(15-24)21-50-23-40)37-35(45)51-20-25-2-4-30(52-32-18-27(41)17-31(53-32)34(43)44)28(16-25)33(42)36-5-9-46-13-14-48-12-8-38-6-10-47-11-7-38;;/h1-4,15-16,27,31-32,41H,5-14,17-21H2,(H,36,42)(H,37,45)(H,43,44);;/q-2;;. The number of benzene rings is 2. The summed E-state index contributed by atoms with van der Waals surface area (Å²) in [7, 11) is 0. The Balaban J connectivity index is 0.00000523. The number of hydrogen-bond acceptors (Lipinski definition) is 15. The molecule has 2 aliphatic rings.